The number of fused-ring (bicyclic) bond motifs is 1. The summed E-state index contributed by atoms with van der Waals surface area (Å²) in [6, 6.07) is 15.1. The first-order valence-electron chi connectivity index (χ1n) is 9.15. The van der Waals surface area contributed by atoms with Crippen LogP contribution < -0.4 is 9.64 Å². The van der Waals surface area contributed by atoms with Gasteiger partial charge in [0.1, 0.15) is 17.4 Å². The van der Waals surface area contributed by atoms with Gasteiger partial charge in [0.25, 0.3) is 0 Å². The monoisotopic (exact) mass is 392 g/mol. The molecule has 4 rings (SSSR count). The highest BCUT2D eigenvalue weighted by molar-refractivity contribution is 7.09. The standard InChI is InChI=1S/C22H20N2O3S/c1-15-6-8-17(9-7-15)27-13-21-23-16(14-28-21)12-22(26)24-11-10-20(25)18-4-2-3-5-19(18)24/h2-9,14H,10-13H2,1H3. The Kier molecular flexibility index (Phi) is 5.21. The van der Waals surface area contributed by atoms with Gasteiger partial charge in [-0.1, -0.05) is 29.8 Å². The Bertz CT molecular complexity index is 1010. The number of hydrogen-bond donors (Lipinski definition) is 0. The van der Waals surface area contributed by atoms with E-state index in [4.69, 9.17) is 4.74 Å². The summed E-state index contributed by atoms with van der Waals surface area (Å²) in [5.74, 6) is 0.841. The van der Waals surface area contributed by atoms with E-state index in [1.807, 2.05) is 54.8 Å². The Morgan fingerprint density at radius 3 is 2.79 bits per heavy atom. The van der Waals surface area contributed by atoms with Crippen molar-refractivity contribution in [1.82, 2.24) is 4.98 Å². The van der Waals surface area contributed by atoms with Gasteiger partial charge in [0, 0.05) is 23.9 Å². The van der Waals surface area contributed by atoms with Crippen LogP contribution in [0.25, 0.3) is 0 Å². The second-order valence-corrected chi connectivity index (χ2v) is 7.69. The molecule has 0 fully saturated rings. The summed E-state index contributed by atoms with van der Waals surface area (Å²) in [5, 5.41) is 2.73. The van der Waals surface area contributed by atoms with E-state index in [2.05, 4.69) is 4.98 Å². The van der Waals surface area contributed by atoms with E-state index in [1.54, 1.807) is 11.0 Å². The van der Waals surface area contributed by atoms with Crippen molar-refractivity contribution in [3.8, 4) is 5.75 Å². The third-order valence-electron chi connectivity index (χ3n) is 4.67. The molecule has 5 nitrogen and oxygen atoms in total. The number of Topliss-reactive ketones (excluding diaryl/α,β-unsaturated/α-hetero) is 1. The molecule has 0 spiro atoms. The lowest BCUT2D eigenvalue weighted by Gasteiger charge is -2.28. The predicted molar refractivity (Wildman–Crippen MR) is 109 cm³/mol. The molecule has 6 heteroatoms. The highest BCUT2D eigenvalue weighted by atomic mass is 32.1. The zero-order valence-electron chi connectivity index (χ0n) is 15.6. The molecule has 2 heterocycles. The van der Waals surface area contributed by atoms with Gasteiger partial charge in [0.2, 0.25) is 5.91 Å². The number of aromatic nitrogens is 1. The first-order valence-corrected chi connectivity index (χ1v) is 10.0. The molecule has 0 radical (unpaired) electrons. The average Bonchev–Trinajstić information content (AvgIpc) is 3.15. The SMILES string of the molecule is Cc1ccc(OCc2nc(CC(=O)N3CCC(=O)c4ccccc43)cs2)cc1. The summed E-state index contributed by atoms with van der Waals surface area (Å²) in [5.41, 5.74) is 3.23. The van der Waals surface area contributed by atoms with E-state index in [0.29, 0.717) is 30.8 Å². The van der Waals surface area contributed by atoms with Crippen molar-refractivity contribution in [3.63, 3.8) is 0 Å². The van der Waals surface area contributed by atoms with E-state index in [0.717, 1.165) is 16.5 Å². The quantitative estimate of drug-likeness (QED) is 0.653. The fraction of sp³-hybridized carbons (Fsp3) is 0.227. The van der Waals surface area contributed by atoms with Crippen molar-refractivity contribution < 1.29 is 14.3 Å². The van der Waals surface area contributed by atoms with Gasteiger partial charge in [-0.05, 0) is 31.2 Å². The number of ketones is 1. The van der Waals surface area contributed by atoms with Crippen LogP contribution in [0.3, 0.4) is 0 Å². The molecule has 0 atom stereocenters. The number of carbonyl (C=O) groups is 2. The molecule has 0 bridgehead atoms. The van der Waals surface area contributed by atoms with E-state index < -0.39 is 0 Å². The number of para-hydroxylation sites is 1. The largest absolute Gasteiger partial charge is 0.486 e. The summed E-state index contributed by atoms with van der Waals surface area (Å²) in [7, 11) is 0. The maximum Gasteiger partial charge on any atom is 0.233 e. The van der Waals surface area contributed by atoms with Crippen molar-refractivity contribution in [2.75, 3.05) is 11.4 Å². The molecule has 2 aromatic carbocycles. The van der Waals surface area contributed by atoms with Gasteiger partial charge in [-0.2, -0.15) is 0 Å². The molecule has 0 unspecified atom stereocenters. The molecule has 1 aliphatic rings. The van der Waals surface area contributed by atoms with E-state index >= 15 is 0 Å². The van der Waals surface area contributed by atoms with Gasteiger partial charge in [0.05, 0.1) is 17.8 Å². The van der Waals surface area contributed by atoms with Gasteiger partial charge >= 0.3 is 0 Å². The molecule has 1 amide bonds. The van der Waals surface area contributed by atoms with Crippen molar-refractivity contribution in [2.45, 2.75) is 26.4 Å². The van der Waals surface area contributed by atoms with Crippen LogP contribution in [0.2, 0.25) is 0 Å². The van der Waals surface area contributed by atoms with Crippen LogP contribution in [0.1, 0.15) is 33.0 Å². The third kappa shape index (κ3) is 3.97. The minimum absolute atomic E-state index is 0.0451. The fourth-order valence-corrected chi connectivity index (χ4v) is 3.90. The third-order valence-corrected chi connectivity index (χ3v) is 5.54. The number of nitrogens with zero attached hydrogens (tertiary/aromatic N) is 2. The number of anilines is 1. The number of ether oxygens (including phenoxy) is 1. The topological polar surface area (TPSA) is 59.5 Å². The molecule has 1 aromatic heterocycles. The number of amides is 1. The van der Waals surface area contributed by atoms with E-state index in [9.17, 15) is 9.59 Å². The van der Waals surface area contributed by atoms with Gasteiger partial charge in [0.15, 0.2) is 5.78 Å². The molecule has 28 heavy (non-hydrogen) atoms. The molecule has 3 aromatic rings. The molecular weight excluding hydrogens is 372 g/mol. The fourth-order valence-electron chi connectivity index (χ4n) is 3.20. The number of carbonyl (C=O) groups excluding carboxylic acids is 2. The Labute approximate surface area is 167 Å². The predicted octanol–water partition coefficient (Wildman–Crippen LogP) is 4.19. The summed E-state index contributed by atoms with van der Waals surface area (Å²) in [4.78, 5) is 31.1. The summed E-state index contributed by atoms with van der Waals surface area (Å²) >= 11 is 1.49. The minimum Gasteiger partial charge on any atom is -0.486 e. The van der Waals surface area contributed by atoms with Gasteiger partial charge in [-0.25, -0.2) is 4.98 Å². The van der Waals surface area contributed by atoms with Crippen LogP contribution in [-0.4, -0.2) is 23.2 Å². The normalized spacial score (nSPS) is 13.3. The summed E-state index contributed by atoms with van der Waals surface area (Å²) in [6.45, 7) is 2.83. The molecule has 0 saturated heterocycles. The Morgan fingerprint density at radius 1 is 1.18 bits per heavy atom. The lowest BCUT2D eigenvalue weighted by Crippen LogP contribution is -2.38. The smallest absolute Gasteiger partial charge is 0.233 e. The van der Waals surface area contributed by atoms with Gasteiger partial charge in [-0.15, -0.1) is 11.3 Å². The zero-order chi connectivity index (χ0) is 19.5. The maximum absolute atomic E-state index is 12.8. The van der Waals surface area contributed by atoms with Crippen molar-refractivity contribution in [3.05, 3.63) is 75.7 Å². The lowest BCUT2D eigenvalue weighted by atomic mass is 10.00. The molecule has 1 aliphatic heterocycles. The lowest BCUT2D eigenvalue weighted by molar-refractivity contribution is -0.118. The second-order valence-electron chi connectivity index (χ2n) is 6.75. The highest BCUT2D eigenvalue weighted by Gasteiger charge is 2.27. The zero-order valence-corrected chi connectivity index (χ0v) is 16.4. The van der Waals surface area contributed by atoms with E-state index in [1.165, 1.54) is 16.9 Å². The average molecular weight is 392 g/mol. The van der Waals surface area contributed by atoms with Crippen LogP contribution in [0.5, 0.6) is 5.75 Å². The Balaban J connectivity index is 1.40. The van der Waals surface area contributed by atoms with Crippen LogP contribution in [-0.2, 0) is 17.8 Å². The molecule has 142 valence electrons. The molecule has 0 N–H and O–H groups in total. The van der Waals surface area contributed by atoms with Crippen LogP contribution in [0.4, 0.5) is 5.69 Å². The Hall–Kier alpha value is -2.99. The van der Waals surface area contributed by atoms with Gasteiger partial charge in [-0.3, -0.25) is 9.59 Å². The number of hydrogen-bond acceptors (Lipinski definition) is 5. The van der Waals surface area contributed by atoms with Crippen LogP contribution in [0, 0.1) is 6.92 Å². The first-order chi connectivity index (χ1) is 13.6. The number of aryl methyl sites for hydroxylation is 1. The molecule has 0 saturated carbocycles. The Morgan fingerprint density at radius 2 is 1.96 bits per heavy atom. The maximum atomic E-state index is 12.8. The summed E-state index contributed by atoms with van der Waals surface area (Å²) in [6.07, 6.45) is 0.568. The molecule has 0 aliphatic carbocycles. The summed E-state index contributed by atoms with van der Waals surface area (Å²) < 4.78 is 5.76. The van der Waals surface area contributed by atoms with Gasteiger partial charge < -0.3 is 9.64 Å². The number of benzene rings is 2. The molecular formula is C22H20N2O3S. The van der Waals surface area contributed by atoms with Crippen molar-refractivity contribution >= 4 is 28.7 Å². The second kappa shape index (κ2) is 7.94. The minimum atomic E-state index is -0.0451. The van der Waals surface area contributed by atoms with Crippen LogP contribution >= 0.6 is 11.3 Å². The highest BCUT2D eigenvalue weighted by Crippen LogP contribution is 2.27. The van der Waals surface area contributed by atoms with Crippen LogP contribution in [0.15, 0.2) is 53.9 Å². The number of rotatable bonds is 5. The number of thiazole rings is 1. The first kappa shape index (κ1) is 18.4. The van der Waals surface area contributed by atoms with E-state index in [-0.39, 0.29) is 18.1 Å². The van der Waals surface area contributed by atoms with Crippen molar-refractivity contribution in [1.29, 1.82) is 0 Å². The van der Waals surface area contributed by atoms with Crippen molar-refractivity contribution in [2.24, 2.45) is 0 Å².